The van der Waals surface area contributed by atoms with Crippen molar-refractivity contribution in [3.05, 3.63) is 94.5 Å². The van der Waals surface area contributed by atoms with Gasteiger partial charge in [-0.15, -0.1) is 0 Å². The van der Waals surface area contributed by atoms with Crippen LogP contribution < -0.4 is 10.1 Å². The number of amides is 1. The van der Waals surface area contributed by atoms with E-state index in [4.69, 9.17) is 9.73 Å². The highest BCUT2D eigenvalue weighted by Gasteiger charge is 2.35. The summed E-state index contributed by atoms with van der Waals surface area (Å²) in [6.07, 6.45) is -3.91. The molecule has 0 fully saturated rings. The maximum atomic E-state index is 13.3. The summed E-state index contributed by atoms with van der Waals surface area (Å²) < 4.78 is 45.3. The molecule has 36 heavy (non-hydrogen) atoms. The average Bonchev–Trinajstić information content (AvgIpc) is 2.82. The summed E-state index contributed by atoms with van der Waals surface area (Å²) in [5, 5.41) is 2.48. The summed E-state index contributed by atoms with van der Waals surface area (Å²) in [4.78, 5) is 30.6. The number of ether oxygens (including phenoxy) is 1. The fraction of sp³-hybridized carbons (Fsp3) is 0.250. The van der Waals surface area contributed by atoms with Gasteiger partial charge in [0.2, 0.25) is 0 Å². The molecule has 0 saturated heterocycles. The van der Waals surface area contributed by atoms with Crippen molar-refractivity contribution in [2.45, 2.75) is 38.4 Å². The van der Waals surface area contributed by atoms with Gasteiger partial charge < -0.3 is 10.1 Å². The number of alkyl halides is 3. The van der Waals surface area contributed by atoms with E-state index >= 15 is 0 Å². The van der Waals surface area contributed by atoms with Crippen molar-refractivity contribution in [3.63, 3.8) is 0 Å². The van der Waals surface area contributed by atoms with Crippen molar-refractivity contribution >= 4 is 23.1 Å². The van der Waals surface area contributed by atoms with Gasteiger partial charge in [-0.3, -0.25) is 14.6 Å². The molecule has 0 spiro atoms. The van der Waals surface area contributed by atoms with E-state index in [-0.39, 0.29) is 23.4 Å². The number of hydrogen-bond donors (Lipinski definition) is 1. The van der Waals surface area contributed by atoms with E-state index in [0.717, 1.165) is 29.7 Å². The van der Waals surface area contributed by atoms with Crippen LogP contribution in [-0.4, -0.2) is 30.1 Å². The molecule has 0 aromatic heterocycles. The summed E-state index contributed by atoms with van der Waals surface area (Å²) in [7, 11) is 1.57. The van der Waals surface area contributed by atoms with Crippen molar-refractivity contribution in [1.29, 1.82) is 0 Å². The van der Waals surface area contributed by atoms with Crippen molar-refractivity contribution in [1.82, 2.24) is 0 Å². The lowest BCUT2D eigenvalue weighted by Crippen LogP contribution is -2.30. The van der Waals surface area contributed by atoms with E-state index in [9.17, 15) is 22.8 Å². The molecule has 0 aliphatic carbocycles. The average molecular weight is 495 g/mol. The highest BCUT2D eigenvalue weighted by Crippen LogP contribution is 2.33. The molecule has 0 saturated carbocycles. The molecule has 8 heteroatoms. The van der Waals surface area contributed by atoms with Crippen LogP contribution in [0.4, 0.5) is 18.9 Å². The predicted molar refractivity (Wildman–Crippen MR) is 132 cm³/mol. The summed E-state index contributed by atoms with van der Waals surface area (Å²) in [5.41, 5.74) is 1.20. The van der Waals surface area contributed by atoms with Crippen molar-refractivity contribution < 1.29 is 27.5 Å². The zero-order valence-corrected chi connectivity index (χ0v) is 20.1. The van der Waals surface area contributed by atoms with Crippen LogP contribution in [0.3, 0.4) is 0 Å². The van der Waals surface area contributed by atoms with Gasteiger partial charge in [0.1, 0.15) is 5.75 Å². The Labute approximate surface area is 207 Å². The molecule has 1 amide bonds. The second-order valence-electron chi connectivity index (χ2n) is 9.25. The molecular formula is C28H25F3N2O3. The first-order chi connectivity index (χ1) is 17.0. The van der Waals surface area contributed by atoms with Gasteiger partial charge in [-0.25, -0.2) is 0 Å². The molecule has 4 rings (SSSR count). The Kier molecular flexibility index (Phi) is 6.71. The predicted octanol–water partition coefficient (Wildman–Crippen LogP) is 6.36. The van der Waals surface area contributed by atoms with E-state index in [1.165, 1.54) is 24.3 Å². The first-order valence-electron chi connectivity index (χ1n) is 11.3. The van der Waals surface area contributed by atoms with Gasteiger partial charge in [-0.05, 0) is 62.2 Å². The molecule has 5 nitrogen and oxygen atoms in total. The number of fused-ring (bicyclic) bond motifs is 1. The van der Waals surface area contributed by atoms with Gasteiger partial charge in [-0.1, -0.05) is 30.3 Å². The summed E-state index contributed by atoms with van der Waals surface area (Å²) in [5.74, 6) is -0.476. The van der Waals surface area contributed by atoms with Crippen molar-refractivity contribution in [2.24, 2.45) is 4.99 Å². The van der Waals surface area contributed by atoms with Crippen LogP contribution in [0.1, 0.15) is 57.7 Å². The molecule has 1 aliphatic rings. The van der Waals surface area contributed by atoms with Gasteiger partial charge in [-0.2, -0.15) is 13.2 Å². The molecule has 1 heterocycles. The number of carbonyl (C=O) groups is 2. The van der Waals surface area contributed by atoms with E-state index in [1.807, 2.05) is 32.0 Å². The number of carbonyl (C=O) groups excluding carboxylic acids is 2. The second-order valence-corrected chi connectivity index (χ2v) is 9.25. The summed E-state index contributed by atoms with van der Waals surface area (Å²) >= 11 is 0. The number of nitrogens with zero attached hydrogens (tertiary/aromatic N) is 1. The molecule has 1 aliphatic heterocycles. The Balaban J connectivity index is 1.57. The van der Waals surface area contributed by atoms with Gasteiger partial charge in [0.05, 0.1) is 35.9 Å². The van der Waals surface area contributed by atoms with Crippen LogP contribution in [-0.2, 0) is 12.6 Å². The number of hydrogen-bond acceptors (Lipinski definition) is 4. The molecule has 0 unspecified atom stereocenters. The van der Waals surface area contributed by atoms with E-state index < -0.39 is 23.2 Å². The van der Waals surface area contributed by atoms with Crippen LogP contribution in [0, 0.1) is 0 Å². The minimum atomic E-state index is -4.67. The molecule has 0 radical (unpaired) electrons. The summed E-state index contributed by atoms with van der Waals surface area (Å²) in [6, 6.07) is 16.4. The van der Waals surface area contributed by atoms with E-state index in [0.29, 0.717) is 17.0 Å². The molecular weight excluding hydrogens is 469 g/mol. The fourth-order valence-electron chi connectivity index (χ4n) is 4.32. The highest BCUT2D eigenvalue weighted by molar-refractivity contribution is 6.17. The smallest absolute Gasteiger partial charge is 0.417 e. The van der Waals surface area contributed by atoms with E-state index in [1.54, 1.807) is 19.2 Å². The van der Waals surface area contributed by atoms with Crippen molar-refractivity contribution in [3.8, 4) is 5.75 Å². The van der Waals surface area contributed by atoms with Gasteiger partial charge in [0.15, 0.2) is 5.78 Å². The lowest BCUT2D eigenvalue weighted by molar-refractivity contribution is -0.137. The number of benzene rings is 3. The number of Topliss-reactive ketones (excluding diaryl/α,β-unsaturated/α-hetero) is 1. The number of halogens is 3. The van der Waals surface area contributed by atoms with Crippen molar-refractivity contribution in [2.75, 3.05) is 12.4 Å². The Morgan fingerprint density at radius 3 is 2.50 bits per heavy atom. The number of rotatable bonds is 6. The SMILES string of the molecule is COc1ccc2c(c1)C(CC(=O)c1cccc(NC(=O)c3ccccc3C(F)(F)F)c1)=NC(C)(C)C2. The first kappa shape index (κ1) is 25.2. The number of methoxy groups -OCH3 is 1. The third-order valence-corrected chi connectivity index (χ3v) is 5.94. The number of anilines is 1. The monoisotopic (exact) mass is 494 g/mol. The molecule has 0 atom stereocenters. The topological polar surface area (TPSA) is 67.8 Å². The van der Waals surface area contributed by atoms with Crippen LogP contribution in [0.15, 0.2) is 71.7 Å². The molecule has 0 bridgehead atoms. The lowest BCUT2D eigenvalue weighted by atomic mass is 9.85. The quantitative estimate of drug-likeness (QED) is 0.405. The van der Waals surface area contributed by atoms with Crippen LogP contribution in [0.25, 0.3) is 0 Å². The van der Waals surface area contributed by atoms with Crippen LogP contribution >= 0.6 is 0 Å². The molecule has 1 N–H and O–H groups in total. The number of ketones is 1. The second kappa shape index (κ2) is 9.60. The van der Waals surface area contributed by atoms with E-state index in [2.05, 4.69) is 5.32 Å². The van der Waals surface area contributed by atoms with Gasteiger partial charge in [0, 0.05) is 16.8 Å². The van der Waals surface area contributed by atoms with Gasteiger partial charge in [0.25, 0.3) is 5.91 Å². The third kappa shape index (κ3) is 5.48. The van der Waals surface area contributed by atoms with Crippen LogP contribution in [0.5, 0.6) is 5.75 Å². The number of nitrogens with one attached hydrogen (secondary N) is 1. The standard InChI is InChI=1S/C28H25F3N2O3/c1-27(2)16-18-11-12-20(36-3)14-22(18)24(33-27)15-25(34)17-7-6-8-19(13-17)32-26(35)21-9-4-5-10-23(21)28(29,30)31/h4-14H,15-16H2,1-3H3,(H,32,35). The third-order valence-electron chi connectivity index (χ3n) is 5.94. The zero-order chi connectivity index (χ0) is 26.1. The fourth-order valence-corrected chi connectivity index (χ4v) is 4.32. The Bertz CT molecular complexity index is 1360. The minimum absolute atomic E-state index is 0.0257. The molecule has 3 aromatic rings. The summed E-state index contributed by atoms with van der Waals surface area (Å²) in [6.45, 7) is 4.00. The maximum Gasteiger partial charge on any atom is 0.417 e. The minimum Gasteiger partial charge on any atom is -0.497 e. The molecule has 3 aromatic carbocycles. The largest absolute Gasteiger partial charge is 0.497 e. The Morgan fingerprint density at radius 2 is 1.78 bits per heavy atom. The first-order valence-corrected chi connectivity index (χ1v) is 11.3. The zero-order valence-electron chi connectivity index (χ0n) is 20.1. The normalized spacial score (nSPS) is 14.4. The maximum absolute atomic E-state index is 13.3. The van der Waals surface area contributed by atoms with Gasteiger partial charge >= 0.3 is 6.18 Å². The Morgan fingerprint density at radius 1 is 1.03 bits per heavy atom. The lowest BCUT2D eigenvalue weighted by Gasteiger charge is -2.29. The van der Waals surface area contributed by atoms with Crippen LogP contribution in [0.2, 0.25) is 0 Å². The number of aliphatic imine (C=N–C) groups is 1. The Hall–Kier alpha value is -3.94. The molecule has 186 valence electrons. The highest BCUT2D eigenvalue weighted by atomic mass is 19.4.